The third kappa shape index (κ3) is 6.54. The lowest BCUT2D eigenvalue weighted by molar-refractivity contribution is -0.113. The number of hydrogen-bond donors (Lipinski definition) is 2. The summed E-state index contributed by atoms with van der Waals surface area (Å²) in [4.78, 5) is 12.2. The highest BCUT2D eigenvalue weighted by molar-refractivity contribution is 7.99. The molecule has 1 amide bonds. The Kier molecular flexibility index (Phi) is 8.13. The zero-order chi connectivity index (χ0) is 22.4. The van der Waals surface area contributed by atoms with Crippen molar-refractivity contribution in [3.05, 3.63) is 87.4 Å². The Morgan fingerprint density at radius 1 is 0.871 bits per heavy atom. The lowest BCUT2D eigenvalue weighted by Crippen LogP contribution is -2.15. The van der Waals surface area contributed by atoms with Gasteiger partial charge < -0.3 is 5.32 Å². The van der Waals surface area contributed by atoms with Crippen molar-refractivity contribution in [3.63, 3.8) is 0 Å². The van der Waals surface area contributed by atoms with Crippen LogP contribution in [0.2, 0.25) is 15.1 Å². The predicted molar refractivity (Wildman–Crippen MR) is 130 cm³/mol. The highest BCUT2D eigenvalue weighted by Gasteiger charge is 2.17. The second kappa shape index (κ2) is 10.6. The Morgan fingerprint density at radius 3 is 2.26 bits per heavy atom. The van der Waals surface area contributed by atoms with Crippen LogP contribution in [-0.2, 0) is 20.6 Å². The van der Waals surface area contributed by atoms with Crippen LogP contribution in [0.25, 0.3) is 0 Å². The molecule has 0 aliphatic carbocycles. The smallest absolute Gasteiger partial charge is 0.261 e. The summed E-state index contributed by atoms with van der Waals surface area (Å²) in [7, 11) is -3.87. The Hall–Kier alpha value is -1.90. The topological polar surface area (TPSA) is 75.3 Å². The minimum absolute atomic E-state index is 0.0228. The van der Waals surface area contributed by atoms with Crippen LogP contribution in [0.1, 0.15) is 5.56 Å². The number of rotatable bonds is 8. The fraction of sp³-hybridized carbons (Fsp3) is 0.0952. The molecule has 3 aromatic carbocycles. The molecule has 0 heterocycles. The van der Waals surface area contributed by atoms with Crippen molar-refractivity contribution in [3.8, 4) is 0 Å². The zero-order valence-corrected chi connectivity index (χ0v) is 19.8. The van der Waals surface area contributed by atoms with Gasteiger partial charge in [0.25, 0.3) is 10.0 Å². The van der Waals surface area contributed by atoms with Gasteiger partial charge in [0.2, 0.25) is 5.91 Å². The first-order valence-electron chi connectivity index (χ1n) is 8.94. The molecule has 0 atom stereocenters. The van der Waals surface area contributed by atoms with Crippen molar-refractivity contribution in [2.24, 2.45) is 0 Å². The number of thioether (sulfide) groups is 1. The number of halogens is 3. The lowest BCUT2D eigenvalue weighted by atomic mass is 10.2. The summed E-state index contributed by atoms with van der Waals surface area (Å²) in [6, 6.07) is 18.0. The fourth-order valence-electron chi connectivity index (χ4n) is 2.57. The number of benzene rings is 3. The van der Waals surface area contributed by atoms with E-state index in [9.17, 15) is 13.2 Å². The molecule has 2 N–H and O–H groups in total. The van der Waals surface area contributed by atoms with E-state index in [1.165, 1.54) is 42.1 Å². The molecule has 10 heteroatoms. The molecular weight excluding hydrogens is 499 g/mol. The van der Waals surface area contributed by atoms with Crippen LogP contribution in [0.3, 0.4) is 0 Å². The van der Waals surface area contributed by atoms with Gasteiger partial charge in [-0.1, -0.05) is 59.1 Å². The number of carbonyl (C=O) groups excluding carboxylic acids is 1. The molecule has 5 nitrogen and oxygen atoms in total. The normalized spacial score (nSPS) is 11.2. The Morgan fingerprint density at radius 2 is 1.55 bits per heavy atom. The van der Waals surface area contributed by atoms with E-state index in [-0.39, 0.29) is 32.3 Å². The SMILES string of the molecule is O=C(CSCc1ccccc1Cl)Nc1ccc(S(=O)(=O)Nc2cccc(Cl)c2Cl)cc1. The highest BCUT2D eigenvalue weighted by atomic mass is 35.5. The van der Waals surface area contributed by atoms with Crippen molar-refractivity contribution in [1.82, 2.24) is 0 Å². The number of anilines is 2. The van der Waals surface area contributed by atoms with Gasteiger partial charge >= 0.3 is 0 Å². The second-order valence-electron chi connectivity index (χ2n) is 6.36. The summed E-state index contributed by atoms with van der Waals surface area (Å²) in [6.45, 7) is 0. The van der Waals surface area contributed by atoms with E-state index in [1.807, 2.05) is 24.3 Å². The average molecular weight is 516 g/mol. The second-order valence-corrected chi connectivity index (χ2v) is 10.2. The molecule has 0 aliphatic heterocycles. The van der Waals surface area contributed by atoms with Gasteiger partial charge in [0.15, 0.2) is 0 Å². The maximum absolute atomic E-state index is 12.6. The van der Waals surface area contributed by atoms with Crippen molar-refractivity contribution in [2.45, 2.75) is 10.6 Å². The third-order valence-corrected chi connectivity index (χ3v) is 7.64. The standard InChI is InChI=1S/C21H17Cl3N2O3S2/c22-17-5-2-1-4-14(17)12-30-13-20(27)25-15-8-10-16(11-9-15)31(28,29)26-19-7-3-6-18(23)21(19)24/h1-11,26H,12-13H2,(H,25,27). The molecule has 3 aromatic rings. The van der Waals surface area contributed by atoms with Crippen LogP contribution in [0.15, 0.2) is 71.6 Å². The maximum Gasteiger partial charge on any atom is 0.261 e. The van der Waals surface area contributed by atoms with E-state index in [0.717, 1.165) is 5.56 Å². The van der Waals surface area contributed by atoms with E-state index < -0.39 is 10.0 Å². The largest absolute Gasteiger partial charge is 0.325 e. The Labute approximate surface area is 200 Å². The number of carbonyl (C=O) groups is 1. The molecular formula is C21H17Cl3N2O3S2. The van der Waals surface area contributed by atoms with Crippen LogP contribution < -0.4 is 10.0 Å². The van der Waals surface area contributed by atoms with Gasteiger partial charge in [-0.3, -0.25) is 9.52 Å². The minimum Gasteiger partial charge on any atom is -0.325 e. The first-order valence-corrected chi connectivity index (χ1v) is 12.7. The van der Waals surface area contributed by atoms with Crippen molar-refractivity contribution >= 4 is 73.9 Å². The lowest BCUT2D eigenvalue weighted by Gasteiger charge is -2.11. The summed E-state index contributed by atoms with van der Waals surface area (Å²) in [5, 5.41) is 3.77. The predicted octanol–water partition coefficient (Wildman–Crippen LogP) is 6.32. The molecule has 0 bridgehead atoms. The minimum atomic E-state index is -3.87. The highest BCUT2D eigenvalue weighted by Crippen LogP contribution is 2.31. The molecule has 162 valence electrons. The monoisotopic (exact) mass is 514 g/mol. The average Bonchev–Trinajstić information content (AvgIpc) is 2.73. The van der Waals surface area contributed by atoms with Gasteiger partial charge in [0.05, 0.1) is 26.4 Å². The van der Waals surface area contributed by atoms with Crippen LogP contribution in [-0.4, -0.2) is 20.1 Å². The Bertz CT molecular complexity index is 1190. The number of amides is 1. The molecule has 0 unspecified atom stereocenters. The number of sulfonamides is 1. The zero-order valence-electron chi connectivity index (χ0n) is 15.9. The van der Waals surface area contributed by atoms with Crippen molar-refractivity contribution < 1.29 is 13.2 Å². The molecule has 31 heavy (non-hydrogen) atoms. The van der Waals surface area contributed by atoms with Gasteiger partial charge in [-0.25, -0.2) is 8.42 Å². The van der Waals surface area contributed by atoms with E-state index in [0.29, 0.717) is 16.5 Å². The molecule has 0 radical (unpaired) electrons. The first kappa shape index (κ1) is 23.8. The van der Waals surface area contributed by atoms with Crippen molar-refractivity contribution in [1.29, 1.82) is 0 Å². The van der Waals surface area contributed by atoms with Gasteiger partial charge in [-0.05, 0) is 48.0 Å². The van der Waals surface area contributed by atoms with E-state index >= 15 is 0 Å². The molecule has 0 saturated carbocycles. The molecule has 3 rings (SSSR count). The Balaban J connectivity index is 1.57. The molecule has 0 aliphatic rings. The molecule has 0 aromatic heterocycles. The fourth-order valence-corrected chi connectivity index (χ4v) is 5.16. The summed E-state index contributed by atoms with van der Waals surface area (Å²) in [5.41, 5.74) is 1.63. The summed E-state index contributed by atoms with van der Waals surface area (Å²) >= 11 is 19.5. The van der Waals surface area contributed by atoms with Crippen LogP contribution >= 0.6 is 46.6 Å². The van der Waals surface area contributed by atoms with E-state index in [2.05, 4.69) is 10.0 Å². The molecule has 0 saturated heterocycles. The maximum atomic E-state index is 12.6. The third-order valence-electron chi connectivity index (χ3n) is 4.09. The number of nitrogens with one attached hydrogen (secondary N) is 2. The van der Waals surface area contributed by atoms with E-state index in [4.69, 9.17) is 34.8 Å². The van der Waals surface area contributed by atoms with Crippen LogP contribution in [0.5, 0.6) is 0 Å². The first-order chi connectivity index (χ1) is 14.8. The number of hydrogen-bond acceptors (Lipinski definition) is 4. The van der Waals surface area contributed by atoms with Crippen LogP contribution in [0, 0.1) is 0 Å². The van der Waals surface area contributed by atoms with Gasteiger partial charge in [-0.15, -0.1) is 11.8 Å². The van der Waals surface area contributed by atoms with Crippen LogP contribution in [0.4, 0.5) is 11.4 Å². The summed E-state index contributed by atoms with van der Waals surface area (Å²) < 4.78 is 27.6. The van der Waals surface area contributed by atoms with Crippen molar-refractivity contribution in [2.75, 3.05) is 15.8 Å². The molecule has 0 fully saturated rings. The molecule has 0 spiro atoms. The van der Waals surface area contributed by atoms with E-state index in [1.54, 1.807) is 12.1 Å². The summed E-state index contributed by atoms with van der Waals surface area (Å²) in [6.07, 6.45) is 0. The van der Waals surface area contributed by atoms with Gasteiger partial charge in [0, 0.05) is 16.5 Å². The quantitative estimate of drug-likeness (QED) is 0.368. The van der Waals surface area contributed by atoms with Gasteiger partial charge in [0.1, 0.15) is 0 Å². The summed E-state index contributed by atoms with van der Waals surface area (Å²) in [5.74, 6) is 0.652. The van der Waals surface area contributed by atoms with Gasteiger partial charge in [-0.2, -0.15) is 0 Å².